The molecule has 2 nitrogen and oxygen atoms in total. The smallest absolute Gasteiger partial charge is 0.120 e. The molecule has 1 unspecified atom stereocenters. The van der Waals surface area contributed by atoms with Crippen molar-refractivity contribution in [1.82, 2.24) is 4.90 Å². The van der Waals surface area contributed by atoms with E-state index in [1.54, 1.807) is 6.07 Å². The average Bonchev–Trinajstić information content (AvgIpc) is 2.08. The van der Waals surface area contributed by atoms with E-state index in [9.17, 15) is 5.11 Å². The fraction of sp³-hybridized carbons (Fsp3) is 0.455. The maximum atomic E-state index is 9.63. The van der Waals surface area contributed by atoms with Gasteiger partial charge in [-0.3, -0.25) is 0 Å². The minimum absolute atomic E-state index is 0.250. The summed E-state index contributed by atoms with van der Waals surface area (Å²) in [5, 5.41) is 9.63. The van der Waals surface area contributed by atoms with Crippen molar-refractivity contribution in [3.63, 3.8) is 0 Å². The Morgan fingerprint density at radius 3 is 2.46 bits per heavy atom. The molecule has 0 saturated carbocycles. The Balaban J connectivity index is 3.05. The molecule has 0 spiro atoms. The van der Waals surface area contributed by atoms with E-state index in [0.29, 0.717) is 5.75 Å². The van der Waals surface area contributed by atoms with Gasteiger partial charge in [0.1, 0.15) is 5.75 Å². The highest BCUT2D eigenvalue weighted by molar-refractivity contribution is 5.37. The van der Waals surface area contributed by atoms with Crippen LogP contribution in [0.5, 0.6) is 5.75 Å². The third kappa shape index (κ3) is 2.22. The first kappa shape index (κ1) is 10.1. The number of hydrogen-bond acceptors (Lipinski definition) is 2. The van der Waals surface area contributed by atoms with Crippen molar-refractivity contribution in [2.45, 2.75) is 19.9 Å². The Hall–Kier alpha value is -1.02. The molecule has 1 aromatic rings. The van der Waals surface area contributed by atoms with E-state index in [-0.39, 0.29) is 6.04 Å². The van der Waals surface area contributed by atoms with Crippen LogP contribution in [0.3, 0.4) is 0 Å². The standard InChI is InChI=1S/C11H17NO/c1-8-5-6-11(13)10(7-8)9(2)12(3)4/h5-7,9,13H,1-4H3. The van der Waals surface area contributed by atoms with Gasteiger partial charge >= 0.3 is 0 Å². The van der Waals surface area contributed by atoms with Gasteiger partial charge in [-0.25, -0.2) is 0 Å². The molecule has 1 N–H and O–H groups in total. The third-order valence-electron chi connectivity index (χ3n) is 2.41. The number of rotatable bonds is 2. The predicted octanol–water partition coefficient (Wildman–Crippen LogP) is 2.32. The van der Waals surface area contributed by atoms with E-state index in [1.807, 2.05) is 33.2 Å². The van der Waals surface area contributed by atoms with Gasteiger partial charge in [-0.1, -0.05) is 17.7 Å². The molecule has 0 aliphatic carbocycles. The molecule has 0 aliphatic heterocycles. The number of nitrogens with zero attached hydrogens (tertiary/aromatic N) is 1. The summed E-state index contributed by atoms with van der Waals surface area (Å²) in [6.07, 6.45) is 0. The fourth-order valence-electron chi connectivity index (χ4n) is 1.29. The minimum Gasteiger partial charge on any atom is -0.508 e. The summed E-state index contributed by atoms with van der Waals surface area (Å²) < 4.78 is 0. The highest BCUT2D eigenvalue weighted by atomic mass is 16.3. The molecule has 0 amide bonds. The van der Waals surface area contributed by atoms with Crippen LogP contribution in [-0.4, -0.2) is 24.1 Å². The van der Waals surface area contributed by atoms with Crippen molar-refractivity contribution in [3.8, 4) is 5.75 Å². The van der Waals surface area contributed by atoms with E-state index >= 15 is 0 Å². The summed E-state index contributed by atoms with van der Waals surface area (Å²) in [6.45, 7) is 4.11. The molecule has 0 saturated heterocycles. The van der Waals surface area contributed by atoms with Gasteiger partial charge in [0.25, 0.3) is 0 Å². The molecule has 0 bridgehead atoms. The van der Waals surface area contributed by atoms with Crippen molar-refractivity contribution in [1.29, 1.82) is 0 Å². The molecular weight excluding hydrogens is 162 g/mol. The summed E-state index contributed by atoms with van der Waals surface area (Å²) in [7, 11) is 4.01. The molecule has 1 atom stereocenters. The molecule has 0 radical (unpaired) electrons. The van der Waals surface area contributed by atoms with Gasteiger partial charge in [-0.05, 0) is 34.0 Å². The first-order valence-corrected chi connectivity index (χ1v) is 4.48. The summed E-state index contributed by atoms with van der Waals surface area (Å²) in [4.78, 5) is 2.08. The van der Waals surface area contributed by atoms with Crippen molar-refractivity contribution in [3.05, 3.63) is 29.3 Å². The second-order valence-electron chi connectivity index (χ2n) is 3.70. The van der Waals surface area contributed by atoms with E-state index in [1.165, 1.54) is 5.56 Å². The van der Waals surface area contributed by atoms with Crippen LogP contribution in [0.15, 0.2) is 18.2 Å². The zero-order valence-electron chi connectivity index (χ0n) is 8.70. The zero-order valence-corrected chi connectivity index (χ0v) is 8.70. The fourth-order valence-corrected chi connectivity index (χ4v) is 1.29. The minimum atomic E-state index is 0.250. The largest absolute Gasteiger partial charge is 0.508 e. The highest BCUT2D eigenvalue weighted by Crippen LogP contribution is 2.27. The molecule has 2 heteroatoms. The number of phenolic OH excluding ortho intramolecular Hbond substituents is 1. The third-order valence-corrected chi connectivity index (χ3v) is 2.41. The topological polar surface area (TPSA) is 23.5 Å². The van der Waals surface area contributed by atoms with Crippen LogP contribution in [0.2, 0.25) is 0 Å². The molecule has 0 aliphatic rings. The molecule has 72 valence electrons. The lowest BCUT2D eigenvalue weighted by Gasteiger charge is -2.21. The van der Waals surface area contributed by atoms with Crippen LogP contribution in [0.25, 0.3) is 0 Å². The number of aromatic hydroxyl groups is 1. The number of benzene rings is 1. The lowest BCUT2D eigenvalue weighted by molar-refractivity contribution is 0.311. The molecule has 13 heavy (non-hydrogen) atoms. The summed E-state index contributed by atoms with van der Waals surface area (Å²) in [5.41, 5.74) is 2.17. The van der Waals surface area contributed by atoms with Crippen LogP contribution in [0, 0.1) is 6.92 Å². The van der Waals surface area contributed by atoms with Gasteiger partial charge in [0.2, 0.25) is 0 Å². The van der Waals surface area contributed by atoms with Crippen molar-refractivity contribution >= 4 is 0 Å². The van der Waals surface area contributed by atoms with Gasteiger partial charge in [0.05, 0.1) is 0 Å². The molecular formula is C11H17NO. The number of aryl methyl sites for hydroxylation is 1. The first-order valence-electron chi connectivity index (χ1n) is 4.48. The summed E-state index contributed by atoms with van der Waals surface area (Å²) >= 11 is 0. The van der Waals surface area contributed by atoms with Gasteiger partial charge in [0, 0.05) is 11.6 Å². The quantitative estimate of drug-likeness (QED) is 0.753. The van der Waals surface area contributed by atoms with Gasteiger partial charge in [-0.15, -0.1) is 0 Å². The van der Waals surface area contributed by atoms with Gasteiger partial charge < -0.3 is 10.0 Å². The molecule has 1 rings (SSSR count). The maximum absolute atomic E-state index is 9.63. The lowest BCUT2D eigenvalue weighted by Crippen LogP contribution is -2.16. The highest BCUT2D eigenvalue weighted by Gasteiger charge is 2.11. The molecule has 1 aromatic carbocycles. The molecule has 0 heterocycles. The zero-order chi connectivity index (χ0) is 10.0. The van der Waals surface area contributed by atoms with E-state index in [4.69, 9.17) is 0 Å². The molecule has 0 fully saturated rings. The normalized spacial score (nSPS) is 13.3. The van der Waals surface area contributed by atoms with Crippen LogP contribution in [0.4, 0.5) is 0 Å². The maximum Gasteiger partial charge on any atom is 0.120 e. The summed E-state index contributed by atoms with van der Waals surface area (Å²) in [6, 6.07) is 5.95. The SMILES string of the molecule is Cc1ccc(O)c(C(C)N(C)C)c1. The Bertz CT molecular complexity index is 294. The van der Waals surface area contributed by atoms with Crippen molar-refractivity contribution < 1.29 is 5.11 Å². The van der Waals surface area contributed by atoms with E-state index < -0.39 is 0 Å². The van der Waals surface area contributed by atoms with Gasteiger partial charge in [0.15, 0.2) is 0 Å². The van der Waals surface area contributed by atoms with Crippen molar-refractivity contribution in [2.24, 2.45) is 0 Å². The Morgan fingerprint density at radius 1 is 1.31 bits per heavy atom. The van der Waals surface area contributed by atoms with E-state index in [0.717, 1.165) is 5.56 Å². The van der Waals surface area contributed by atoms with Crippen molar-refractivity contribution in [2.75, 3.05) is 14.1 Å². The summed E-state index contributed by atoms with van der Waals surface area (Å²) in [5.74, 6) is 0.381. The lowest BCUT2D eigenvalue weighted by atomic mass is 10.0. The van der Waals surface area contributed by atoms with Crippen LogP contribution >= 0.6 is 0 Å². The van der Waals surface area contributed by atoms with Gasteiger partial charge in [-0.2, -0.15) is 0 Å². The van der Waals surface area contributed by atoms with Crippen LogP contribution < -0.4 is 0 Å². The predicted molar refractivity (Wildman–Crippen MR) is 54.9 cm³/mol. The Morgan fingerprint density at radius 2 is 1.92 bits per heavy atom. The van der Waals surface area contributed by atoms with Crippen LogP contribution in [0.1, 0.15) is 24.1 Å². The van der Waals surface area contributed by atoms with E-state index in [2.05, 4.69) is 11.8 Å². The monoisotopic (exact) mass is 179 g/mol. The Kier molecular flexibility index (Phi) is 2.94. The number of phenols is 1. The average molecular weight is 179 g/mol. The Labute approximate surface area is 79.8 Å². The second kappa shape index (κ2) is 3.79. The number of hydrogen-bond donors (Lipinski definition) is 1. The second-order valence-corrected chi connectivity index (χ2v) is 3.70. The molecule has 0 aromatic heterocycles. The first-order chi connectivity index (χ1) is 6.02. The van der Waals surface area contributed by atoms with Crippen LogP contribution in [-0.2, 0) is 0 Å².